The van der Waals surface area contributed by atoms with E-state index in [1.165, 1.54) is 14.0 Å². The van der Waals surface area contributed by atoms with Crippen LogP contribution < -0.4 is 4.74 Å². The van der Waals surface area contributed by atoms with Crippen molar-refractivity contribution >= 4 is 17.4 Å². The lowest BCUT2D eigenvalue weighted by molar-refractivity contribution is 0.101. The summed E-state index contributed by atoms with van der Waals surface area (Å²) in [6, 6.07) is 3.37. The first-order valence-corrected chi connectivity index (χ1v) is 4.32. The van der Waals surface area contributed by atoms with E-state index in [2.05, 4.69) is 4.98 Å². The summed E-state index contributed by atoms with van der Waals surface area (Å²) in [5.74, 6) is 0.674. The number of carbonyl (C=O) groups excluding carboxylic acids is 1. The monoisotopic (exact) mass is 199 g/mol. The number of ketones is 1. The molecular formula is C9H10ClNO2. The van der Waals surface area contributed by atoms with E-state index in [-0.39, 0.29) is 5.78 Å². The van der Waals surface area contributed by atoms with E-state index < -0.39 is 0 Å². The summed E-state index contributed by atoms with van der Waals surface area (Å²) < 4.78 is 4.93. The quantitative estimate of drug-likeness (QED) is 0.553. The smallest absolute Gasteiger partial charge is 0.213 e. The molecule has 1 rings (SSSR count). The van der Waals surface area contributed by atoms with Crippen molar-refractivity contribution in [1.29, 1.82) is 0 Å². The molecule has 0 fully saturated rings. The second-order valence-electron chi connectivity index (χ2n) is 2.59. The molecular weight excluding hydrogens is 190 g/mol. The molecule has 1 heterocycles. The van der Waals surface area contributed by atoms with Crippen molar-refractivity contribution in [1.82, 2.24) is 4.98 Å². The summed E-state index contributed by atoms with van der Waals surface area (Å²) in [7, 11) is 1.50. The Kier molecular flexibility index (Phi) is 3.25. The topological polar surface area (TPSA) is 39.2 Å². The maximum Gasteiger partial charge on any atom is 0.213 e. The highest BCUT2D eigenvalue weighted by atomic mass is 35.5. The molecule has 0 aliphatic heterocycles. The van der Waals surface area contributed by atoms with E-state index >= 15 is 0 Å². The maximum absolute atomic E-state index is 11.0. The van der Waals surface area contributed by atoms with Crippen LogP contribution in [-0.4, -0.2) is 17.9 Å². The Bertz CT molecular complexity index is 303. The average molecular weight is 200 g/mol. The van der Waals surface area contributed by atoms with Crippen LogP contribution in [0.25, 0.3) is 0 Å². The molecule has 0 unspecified atom stereocenters. The number of rotatable bonds is 3. The normalized spacial score (nSPS) is 9.77. The van der Waals surface area contributed by atoms with Gasteiger partial charge in [-0.05, 0) is 11.6 Å². The summed E-state index contributed by atoms with van der Waals surface area (Å²) in [6.07, 6.45) is 0. The first kappa shape index (κ1) is 9.99. The van der Waals surface area contributed by atoms with E-state index in [9.17, 15) is 4.79 Å². The number of hydrogen-bond donors (Lipinski definition) is 0. The number of carbonyl (C=O) groups is 1. The zero-order valence-corrected chi connectivity index (χ0v) is 8.26. The van der Waals surface area contributed by atoms with Crippen LogP contribution in [0.3, 0.4) is 0 Å². The van der Waals surface area contributed by atoms with Gasteiger partial charge in [0.25, 0.3) is 0 Å². The summed E-state index contributed by atoms with van der Waals surface area (Å²) >= 11 is 5.64. The van der Waals surface area contributed by atoms with E-state index in [1.54, 1.807) is 12.1 Å². The second kappa shape index (κ2) is 4.23. The minimum Gasteiger partial charge on any atom is -0.481 e. The molecule has 13 heavy (non-hydrogen) atoms. The fraction of sp³-hybridized carbons (Fsp3) is 0.333. The van der Waals surface area contributed by atoms with Crippen LogP contribution in [0, 0.1) is 0 Å². The van der Waals surface area contributed by atoms with Crippen LogP contribution >= 0.6 is 11.6 Å². The molecule has 0 saturated heterocycles. The molecule has 0 bridgehead atoms. The predicted molar refractivity (Wildman–Crippen MR) is 50.4 cm³/mol. The van der Waals surface area contributed by atoms with Crippen molar-refractivity contribution in [2.75, 3.05) is 7.11 Å². The Morgan fingerprint density at radius 3 is 2.77 bits per heavy atom. The van der Waals surface area contributed by atoms with Gasteiger partial charge in [0.1, 0.15) is 5.69 Å². The zero-order valence-electron chi connectivity index (χ0n) is 7.50. The number of nitrogens with zero attached hydrogens (tertiary/aromatic N) is 1. The van der Waals surface area contributed by atoms with Crippen LogP contribution in [-0.2, 0) is 5.88 Å². The van der Waals surface area contributed by atoms with Gasteiger partial charge < -0.3 is 4.74 Å². The number of halogens is 1. The summed E-state index contributed by atoms with van der Waals surface area (Å²) in [6.45, 7) is 1.46. The second-order valence-corrected chi connectivity index (χ2v) is 2.86. The highest BCUT2D eigenvalue weighted by Gasteiger charge is 2.05. The Balaban J connectivity index is 3.14. The van der Waals surface area contributed by atoms with E-state index in [1.807, 2.05) is 0 Å². The van der Waals surface area contributed by atoms with Gasteiger partial charge >= 0.3 is 0 Å². The Hall–Kier alpha value is -1.09. The number of methoxy groups -OCH3 is 1. The summed E-state index contributed by atoms with van der Waals surface area (Å²) in [4.78, 5) is 15.0. The van der Waals surface area contributed by atoms with Gasteiger partial charge in [0.2, 0.25) is 5.88 Å². The van der Waals surface area contributed by atoms with Gasteiger partial charge in [0.15, 0.2) is 5.78 Å². The fourth-order valence-corrected chi connectivity index (χ4v) is 1.08. The molecule has 0 saturated carbocycles. The van der Waals surface area contributed by atoms with Gasteiger partial charge in [-0.1, -0.05) is 0 Å². The lowest BCUT2D eigenvalue weighted by Gasteiger charge is -2.03. The Morgan fingerprint density at radius 2 is 2.31 bits per heavy atom. The standard InChI is InChI=1S/C9H10ClNO2/c1-6(12)8-3-7(5-10)4-9(11-8)13-2/h3-4H,5H2,1-2H3. The van der Waals surface area contributed by atoms with E-state index in [0.717, 1.165) is 5.56 Å². The third-order valence-electron chi connectivity index (χ3n) is 1.59. The summed E-state index contributed by atoms with van der Waals surface area (Å²) in [5.41, 5.74) is 1.22. The van der Waals surface area contributed by atoms with Gasteiger partial charge in [-0.3, -0.25) is 4.79 Å². The molecule has 0 aliphatic rings. The third kappa shape index (κ3) is 2.42. The predicted octanol–water partition coefficient (Wildman–Crippen LogP) is 2.03. The largest absolute Gasteiger partial charge is 0.481 e. The number of ether oxygens (including phenoxy) is 1. The number of Topliss-reactive ketones (excluding diaryl/α,β-unsaturated/α-hetero) is 1. The average Bonchev–Trinajstić information content (AvgIpc) is 2.16. The minimum absolute atomic E-state index is 0.0923. The van der Waals surface area contributed by atoms with Gasteiger partial charge in [0.05, 0.1) is 7.11 Å². The highest BCUT2D eigenvalue weighted by molar-refractivity contribution is 6.17. The van der Waals surface area contributed by atoms with Crippen LogP contribution in [0.4, 0.5) is 0 Å². The molecule has 70 valence electrons. The van der Waals surface area contributed by atoms with Crippen LogP contribution in [0.15, 0.2) is 12.1 Å². The lowest BCUT2D eigenvalue weighted by Crippen LogP contribution is -2.00. The Labute approximate surface area is 81.7 Å². The first-order valence-electron chi connectivity index (χ1n) is 3.79. The molecule has 0 radical (unpaired) electrons. The van der Waals surface area contributed by atoms with E-state index in [0.29, 0.717) is 17.5 Å². The molecule has 0 amide bonds. The molecule has 4 heteroatoms. The van der Waals surface area contributed by atoms with Gasteiger partial charge in [-0.25, -0.2) is 4.98 Å². The molecule has 0 aromatic carbocycles. The first-order chi connectivity index (χ1) is 6.17. The van der Waals surface area contributed by atoms with Crippen molar-refractivity contribution in [3.8, 4) is 5.88 Å². The van der Waals surface area contributed by atoms with Crippen molar-refractivity contribution in [2.24, 2.45) is 0 Å². The van der Waals surface area contributed by atoms with Gasteiger partial charge in [0, 0.05) is 18.9 Å². The van der Waals surface area contributed by atoms with Crippen molar-refractivity contribution < 1.29 is 9.53 Å². The van der Waals surface area contributed by atoms with Crippen molar-refractivity contribution in [3.63, 3.8) is 0 Å². The van der Waals surface area contributed by atoms with Crippen LogP contribution in [0.2, 0.25) is 0 Å². The lowest BCUT2D eigenvalue weighted by atomic mass is 10.2. The zero-order chi connectivity index (χ0) is 9.84. The van der Waals surface area contributed by atoms with Gasteiger partial charge in [-0.2, -0.15) is 0 Å². The number of hydrogen-bond acceptors (Lipinski definition) is 3. The van der Waals surface area contributed by atoms with E-state index in [4.69, 9.17) is 16.3 Å². The third-order valence-corrected chi connectivity index (χ3v) is 1.89. The van der Waals surface area contributed by atoms with Crippen LogP contribution in [0.5, 0.6) is 5.88 Å². The van der Waals surface area contributed by atoms with Crippen molar-refractivity contribution in [2.45, 2.75) is 12.8 Å². The molecule has 0 spiro atoms. The Morgan fingerprint density at radius 1 is 1.62 bits per heavy atom. The molecule has 0 N–H and O–H groups in total. The number of alkyl halides is 1. The highest BCUT2D eigenvalue weighted by Crippen LogP contribution is 2.14. The molecule has 1 aromatic heterocycles. The fourth-order valence-electron chi connectivity index (χ4n) is 0.921. The van der Waals surface area contributed by atoms with Crippen LogP contribution in [0.1, 0.15) is 23.0 Å². The summed E-state index contributed by atoms with van der Waals surface area (Å²) in [5, 5.41) is 0. The SMILES string of the molecule is COc1cc(CCl)cc(C(C)=O)n1. The minimum atomic E-state index is -0.0923. The molecule has 1 aromatic rings. The molecule has 0 atom stereocenters. The maximum atomic E-state index is 11.0. The number of aromatic nitrogens is 1. The molecule has 3 nitrogen and oxygen atoms in total. The molecule has 0 aliphatic carbocycles. The number of pyridine rings is 1. The van der Waals surface area contributed by atoms with Gasteiger partial charge in [-0.15, -0.1) is 11.6 Å². The van der Waals surface area contributed by atoms with Crippen molar-refractivity contribution in [3.05, 3.63) is 23.4 Å².